The normalized spacial score (nSPS) is 14.5. The Labute approximate surface area is 157 Å². The van der Waals surface area contributed by atoms with E-state index in [0.29, 0.717) is 18.0 Å². The number of fused-ring (bicyclic) bond motifs is 1. The maximum Gasteiger partial charge on any atom is 0.265 e. The molecule has 2 aromatic rings. The van der Waals surface area contributed by atoms with Gasteiger partial charge in [0.2, 0.25) is 5.91 Å². The van der Waals surface area contributed by atoms with Gasteiger partial charge in [0.1, 0.15) is 18.1 Å². The van der Waals surface area contributed by atoms with E-state index in [-0.39, 0.29) is 36.8 Å². The summed E-state index contributed by atoms with van der Waals surface area (Å²) in [7, 11) is 3.73. The fraction of sp³-hybridized carbons (Fsp3) is 0.300. The van der Waals surface area contributed by atoms with Crippen LogP contribution in [0.4, 0.5) is 10.1 Å². The molecule has 1 atom stereocenters. The van der Waals surface area contributed by atoms with E-state index < -0.39 is 0 Å². The molecule has 2 aromatic carbocycles. The van der Waals surface area contributed by atoms with Gasteiger partial charge < -0.3 is 15.0 Å². The van der Waals surface area contributed by atoms with Crippen molar-refractivity contribution >= 4 is 17.5 Å². The highest BCUT2D eigenvalue weighted by Crippen LogP contribution is 2.31. The van der Waals surface area contributed by atoms with Crippen molar-refractivity contribution in [2.24, 2.45) is 0 Å². The molecular weight excluding hydrogens is 349 g/mol. The molecule has 0 bridgehead atoms. The van der Waals surface area contributed by atoms with Crippen LogP contribution in [0.25, 0.3) is 0 Å². The molecule has 142 valence electrons. The van der Waals surface area contributed by atoms with Crippen molar-refractivity contribution < 1.29 is 18.7 Å². The van der Waals surface area contributed by atoms with Crippen molar-refractivity contribution in [1.82, 2.24) is 10.2 Å². The van der Waals surface area contributed by atoms with E-state index in [0.717, 1.165) is 5.56 Å². The lowest BCUT2D eigenvalue weighted by molar-refractivity contribution is -0.125. The molecule has 7 heteroatoms. The zero-order valence-electron chi connectivity index (χ0n) is 15.3. The second-order valence-electron chi connectivity index (χ2n) is 6.57. The summed E-state index contributed by atoms with van der Waals surface area (Å²) in [6.45, 7) is 0.117. The second kappa shape index (κ2) is 8.18. The number of rotatable bonds is 6. The number of amides is 2. The smallest absolute Gasteiger partial charge is 0.265 e. The van der Waals surface area contributed by atoms with Gasteiger partial charge in [0.15, 0.2) is 6.61 Å². The molecule has 6 nitrogen and oxygen atoms in total. The van der Waals surface area contributed by atoms with Crippen LogP contribution in [0.3, 0.4) is 0 Å². The van der Waals surface area contributed by atoms with E-state index >= 15 is 0 Å². The molecule has 27 heavy (non-hydrogen) atoms. The molecule has 0 spiro atoms. The molecule has 0 saturated carbocycles. The van der Waals surface area contributed by atoms with E-state index in [9.17, 15) is 14.0 Å². The van der Waals surface area contributed by atoms with Gasteiger partial charge in [-0.1, -0.05) is 24.3 Å². The molecule has 2 amide bonds. The standard InChI is InChI=1S/C20H22FN3O3/c1-23(2)17(14-6-5-7-15(21)10-14)11-22-19(25)12-24-16-8-3-4-9-18(16)27-13-20(24)26/h3-10,17H,11-13H2,1-2H3,(H,22,25)/t17-/m1/s1. The average Bonchev–Trinajstić information content (AvgIpc) is 2.64. The number of anilines is 1. The van der Waals surface area contributed by atoms with Crippen molar-refractivity contribution in [2.45, 2.75) is 6.04 Å². The fourth-order valence-electron chi connectivity index (χ4n) is 3.05. The molecule has 3 rings (SSSR count). The summed E-state index contributed by atoms with van der Waals surface area (Å²) in [5.41, 5.74) is 1.35. The van der Waals surface area contributed by atoms with Crippen molar-refractivity contribution in [3.63, 3.8) is 0 Å². The number of hydrogen-bond acceptors (Lipinski definition) is 4. The molecule has 0 saturated heterocycles. The van der Waals surface area contributed by atoms with Gasteiger partial charge in [0, 0.05) is 6.54 Å². The summed E-state index contributed by atoms with van der Waals surface area (Å²) < 4.78 is 18.9. The van der Waals surface area contributed by atoms with E-state index in [1.54, 1.807) is 24.3 Å². The summed E-state index contributed by atoms with van der Waals surface area (Å²) in [6, 6.07) is 13.2. The van der Waals surface area contributed by atoms with Crippen LogP contribution in [0.5, 0.6) is 5.75 Å². The highest BCUT2D eigenvalue weighted by molar-refractivity contribution is 6.02. The third-order valence-electron chi connectivity index (χ3n) is 4.46. The number of likely N-dealkylation sites (N-methyl/N-ethyl adjacent to an activating group) is 1. The SMILES string of the molecule is CN(C)[C@H](CNC(=O)CN1C(=O)COc2ccccc21)c1cccc(F)c1. The Morgan fingerprint density at radius 2 is 2.04 bits per heavy atom. The third kappa shape index (κ3) is 4.43. The van der Waals surface area contributed by atoms with Crippen molar-refractivity contribution in [1.29, 1.82) is 0 Å². The lowest BCUT2D eigenvalue weighted by atomic mass is 10.1. The van der Waals surface area contributed by atoms with Crippen LogP contribution in [-0.2, 0) is 9.59 Å². The monoisotopic (exact) mass is 371 g/mol. The highest BCUT2D eigenvalue weighted by atomic mass is 19.1. The summed E-state index contributed by atoms with van der Waals surface area (Å²) >= 11 is 0. The maximum absolute atomic E-state index is 13.5. The molecule has 1 aliphatic rings. The van der Waals surface area contributed by atoms with Gasteiger partial charge in [0.25, 0.3) is 5.91 Å². The zero-order valence-corrected chi connectivity index (χ0v) is 15.3. The predicted molar refractivity (Wildman–Crippen MR) is 100 cm³/mol. The van der Waals surface area contributed by atoms with Gasteiger partial charge in [0.05, 0.1) is 11.7 Å². The molecule has 0 fully saturated rings. The van der Waals surface area contributed by atoms with E-state index in [4.69, 9.17) is 4.74 Å². The van der Waals surface area contributed by atoms with Crippen LogP contribution in [-0.4, -0.2) is 50.5 Å². The predicted octanol–water partition coefficient (Wildman–Crippen LogP) is 1.97. The van der Waals surface area contributed by atoms with Crippen LogP contribution >= 0.6 is 0 Å². The Kier molecular flexibility index (Phi) is 5.71. The molecule has 1 N–H and O–H groups in total. The van der Waals surface area contributed by atoms with Crippen LogP contribution in [0.15, 0.2) is 48.5 Å². The minimum atomic E-state index is -0.318. The molecule has 0 radical (unpaired) electrons. The van der Waals surface area contributed by atoms with Crippen LogP contribution in [0.1, 0.15) is 11.6 Å². The number of ether oxygens (including phenoxy) is 1. The molecule has 0 unspecified atom stereocenters. The lowest BCUT2D eigenvalue weighted by Crippen LogP contribution is -2.46. The quantitative estimate of drug-likeness (QED) is 0.843. The van der Waals surface area contributed by atoms with Crippen LogP contribution in [0.2, 0.25) is 0 Å². The minimum absolute atomic E-state index is 0.0894. The summed E-state index contributed by atoms with van der Waals surface area (Å²) in [4.78, 5) is 27.9. The zero-order chi connectivity index (χ0) is 19.4. The average molecular weight is 371 g/mol. The summed E-state index contributed by atoms with van der Waals surface area (Å²) in [5, 5.41) is 2.84. The van der Waals surface area contributed by atoms with Gasteiger partial charge in [-0.2, -0.15) is 0 Å². The first-order chi connectivity index (χ1) is 13.0. The Morgan fingerprint density at radius 1 is 1.26 bits per heavy atom. The van der Waals surface area contributed by atoms with Crippen molar-refractivity contribution in [3.05, 3.63) is 59.9 Å². The van der Waals surface area contributed by atoms with Gasteiger partial charge >= 0.3 is 0 Å². The maximum atomic E-state index is 13.5. The van der Waals surface area contributed by atoms with Gasteiger partial charge in [-0.25, -0.2) is 4.39 Å². The van der Waals surface area contributed by atoms with E-state index in [2.05, 4.69) is 5.32 Å². The van der Waals surface area contributed by atoms with Gasteiger partial charge in [-0.15, -0.1) is 0 Å². The molecule has 0 aliphatic carbocycles. The first-order valence-electron chi connectivity index (χ1n) is 8.66. The number of halogens is 1. The number of nitrogens with zero attached hydrogens (tertiary/aromatic N) is 2. The van der Waals surface area contributed by atoms with Crippen molar-refractivity contribution in [3.8, 4) is 5.75 Å². The Bertz CT molecular complexity index is 841. The fourth-order valence-corrected chi connectivity index (χ4v) is 3.05. The number of carbonyl (C=O) groups excluding carboxylic acids is 2. The molecule has 1 aliphatic heterocycles. The van der Waals surface area contributed by atoms with Gasteiger partial charge in [-0.05, 0) is 43.9 Å². The first-order valence-corrected chi connectivity index (χ1v) is 8.66. The first kappa shape index (κ1) is 18.8. The van der Waals surface area contributed by atoms with Crippen molar-refractivity contribution in [2.75, 3.05) is 38.7 Å². The van der Waals surface area contributed by atoms with E-state index in [1.165, 1.54) is 17.0 Å². The minimum Gasteiger partial charge on any atom is -0.482 e. The largest absolute Gasteiger partial charge is 0.482 e. The molecule has 1 heterocycles. The Hall–Kier alpha value is -2.93. The summed E-state index contributed by atoms with van der Waals surface area (Å²) in [6.07, 6.45) is 0. The number of para-hydroxylation sites is 2. The van der Waals surface area contributed by atoms with E-state index in [1.807, 2.05) is 31.1 Å². The lowest BCUT2D eigenvalue weighted by Gasteiger charge is -2.29. The molecular formula is C20H22FN3O3. The van der Waals surface area contributed by atoms with Gasteiger partial charge in [-0.3, -0.25) is 14.5 Å². The highest BCUT2D eigenvalue weighted by Gasteiger charge is 2.27. The van der Waals surface area contributed by atoms with Crippen LogP contribution < -0.4 is 15.0 Å². The Balaban J connectivity index is 1.66. The molecule has 0 aromatic heterocycles. The number of hydrogen-bond donors (Lipinski definition) is 1. The number of nitrogens with one attached hydrogen (secondary N) is 1. The van der Waals surface area contributed by atoms with Crippen LogP contribution in [0, 0.1) is 5.82 Å². The number of benzene rings is 2. The Morgan fingerprint density at radius 3 is 2.78 bits per heavy atom. The topological polar surface area (TPSA) is 61.9 Å². The number of carbonyl (C=O) groups is 2. The second-order valence-corrected chi connectivity index (χ2v) is 6.57. The third-order valence-corrected chi connectivity index (χ3v) is 4.46. The summed E-state index contributed by atoms with van der Waals surface area (Å²) in [5.74, 6) is -0.293.